The molecule has 1 N–H and O–H groups in total. The number of rotatable bonds is 5. The lowest BCUT2D eigenvalue weighted by atomic mass is 9.93. The summed E-state index contributed by atoms with van der Waals surface area (Å²) in [5, 5.41) is 12.6. The van der Waals surface area contributed by atoms with Crippen molar-refractivity contribution in [1.29, 1.82) is 0 Å². The molecule has 19 heavy (non-hydrogen) atoms. The van der Waals surface area contributed by atoms with Crippen LogP contribution in [-0.2, 0) is 12.0 Å². The minimum absolute atomic E-state index is 0.129. The van der Waals surface area contributed by atoms with Crippen LogP contribution in [0.1, 0.15) is 57.2 Å². The largest absolute Gasteiger partial charge is 0.395 e. The number of aromatic nitrogens is 1. The molecule has 4 heteroatoms. The van der Waals surface area contributed by atoms with E-state index < -0.39 is 0 Å². The van der Waals surface area contributed by atoms with Crippen molar-refractivity contribution in [1.82, 2.24) is 9.88 Å². The summed E-state index contributed by atoms with van der Waals surface area (Å²) in [5.41, 5.74) is 1.31. The second-order valence-corrected chi connectivity index (χ2v) is 7.45. The van der Waals surface area contributed by atoms with Gasteiger partial charge in [-0.25, -0.2) is 4.98 Å². The van der Waals surface area contributed by atoms with Gasteiger partial charge in [-0.2, -0.15) is 0 Å². The van der Waals surface area contributed by atoms with Gasteiger partial charge < -0.3 is 5.11 Å². The third-order valence-corrected chi connectivity index (χ3v) is 4.72. The summed E-state index contributed by atoms with van der Waals surface area (Å²) in [6.45, 7) is 8.52. The van der Waals surface area contributed by atoms with E-state index in [1.807, 2.05) is 0 Å². The highest BCUT2D eigenvalue weighted by molar-refractivity contribution is 7.09. The topological polar surface area (TPSA) is 36.4 Å². The Morgan fingerprint density at radius 1 is 1.37 bits per heavy atom. The molecule has 0 radical (unpaired) electrons. The first-order chi connectivity index (χ1) is 9.00. The molecule has 1 aliphatic rings. The van der Waals surface area contributed by atoms with E-state index in [4.69, 9.17) is 4.98 Å². The lowest BCUT2D eigenvalue weighted by Gasteiger charge is -2.27. The SMILES string of the molecule is CC(C)(C)c1csc(CN(CCO)C2CCCC2)n1. The Hall–Kier alpha value is -0.450. The number of aliphatic hydroxyl groups excluding tert-OH is 1. The summed E-state index contributed by atoms with van der Waals surface area (Å²) < 4.78 is 0. The van der Waals surface area contributed by atoms with Crippen molar-refractivity contribution in [3.8, 4) is 0 Å². The maximum absolute atomic E-state index is 9.25. The zero-order valence-electron chi connectivity index (χ0n) is 12.4. The van der Waals surface area contributed by atoms with Crippen LogP contribution in [0, 0.1) is 0 Å². The summed E-state index contributed by atoms with van der Waals surface area (Å²) >= 11 is 1.75. The van der Waals surface area contributed by atoms with E-state index in [0.29, 0.717) is 6.04 Å². The van der Waals surface area contributed by atoms with Gasteiger partial charge in [-0.05, 0) is 12.8 Å². The lowest BCUT2D eigenvalue weighted by molar-refractivity contribution is 0.144. The van der Waals surface area contributed by atoms with Crippen LogP contribution in [0.3, 0.4) is 0 Å². The number of aliphatic hydroxyl groups is 1. The fraction of sp³-hybridized carbons (Fsp3) is 0.800. The van der Waals surface area contributed by atoms with Gasteiger partial charge in [-0.15, -0.1) is 11.3 Å². The molecular weight excluding hydrogens is 256 g/mol. The van der Waals surface area contributed by atoms with Crippen molar-refractivity contribution in [2.45, 2.75) is 64.5 Å². The summed E-state index contributed by atoms with van der Waals surface area (Å²) in [4.78, 5) is 7.19. The highest BCUT2D eigenvalue weighted by atomic mass is 32.1. The van der Waals surface area contributed by atoms with E-state index in [2.05, 4.69) is 31.1 Å². The highest BCUT2D eigenvalue weighted by Crippen LogP contribution is 2.27. The molecule has 3 nitrogen and oxygen atoms in total. The normalized spacial score (nSPS) is 17.5. The molecule has 2 rings (SSSR count). The molecule has 1 aromatic rings. The molecule has 0 amide bonds. The van der Waals surface area contributed by atoms with Crippen molar-refractivity contribution in [3.63, 3.8) is 0 Å². The molecule has 0 saturated heterocycles. The van der Waals surface area contributed by atoms with Gasteiger partial charge in [0.1, 0.15) is 5.01 Å². The molecule has 108 valence electrons. The predicted molar refractivity (Wildman–Crippen MR) is 80.6 cm³/mol. The summed E-state index contributed by atoms with van der Waals surface area (Å²) in [5.74, 6) is 0. The Morgan fingerprint density at radius 3 is 2.58 bits per heavy atom. The first-order valence-corrected chi connectivity index (χ1v) is 8.18. The van der Waals surface area contributed by atoms with Crippen LogP contribution in [0.5, 0.6) is 0 Å². The Kier molecular flexibility index (Phi) is 4.98. The number of hydrogen-bond donors (Lipinski definition) is 1. The van der Waals surface area contributed by atoms with E-state index in [9.17, 15) is 5.11 Å². The molecule has 0 unspecified atom stereocenters. The van der Waals surface area contributed by atoms with Crippen molar-refractivity contribution in [2.75, 3.05) is 13.2 Å². The molecule has 1 aliphatic carbocycles. The number of nitrogens with zero attached hydrogens (tertiary/aromatic N) is 2. The minimum atomic E-state index is 0.129. The molecule has 1 saturated carbocycles. The average Bonchev–Trinajstić information content (AvgIpc) is 2.98. The van der Waals surface area contributed by atoms with Gasteiger partial charge in [-0.1, -0.05) is 33.6 Å². The van der Waals surface area contributed by atoms with E-state index >= 15 is 0 Å². The maximum atomic E-state index is 9.25. The van der Waals surface area contributed by atoms with Crippen LogP contribution >= 0.6 is 11.3 Å². The quantitative estimate of drug-likeness (QED) is 0.901. The molecule has 0 atom stereocenters. The van der Waals surface area contributed by atoms with Gasteiger partial charge >= 0.3 is 0 Å². The minimum Gasteiger partial charge on any atom is -0.395 e. The summed E-state index contributed by atoms with van der Waals surface area (Å²) in [6.07, 6.45) is 5.21. The third-order valence-electron chi connectivity index (χ3n) is 3.89. The van der Waals surface area contributed by atoms with Gasteiger partial charge in [0.2, 0.25) is 0 Å². The smallest absolute Gasteiger partial charge is 0.107 e. The van der Waals surface area contributed by atoms with Gasteiger partial charge in [-0.3, -0.25) is 4.90 Å². The molecule has 1 aromatic heterocycles. The Morgan fingerprint density at radius 2 is 2.05 bits per heavy atom. The van der Waals surface area contributed by atoms with Gasteiger partial charge in [0.25, 0.3) is 0 Å². The summed E-state index contributed by atoms with van der Waals surface area (Å²) in [6, 6.07) is 0.647. The predicted octanol–water partition coefficient (Wildman–Crippen LogP) is 3.18. The van der Waals surface area contributed by atoms with E-state index in [1.165, 1.54) is 36.4 Å². The molecule has 0 bridgehead atoms. The van der Waals surface area contributed by atoms with Gasteiger partial charge in [0, 0.05) is 23.4 Å². The monoisotopic (exact) mass is 282 g/mol. The van der Waals surface area contributed by atoms with Crippen molar-refractivity contribution in [3.05, 3.63) is 16.1 Å². The van der Waals surface area contributed by atoms with Crippen LogP contribution in [0.4, 0.5) is 0 Å². The zero-order valence-corrected chi connectivity index (χ0v) is 13.2. The Balaban J connectivity index is 2.02. The van der Waals surface area contributed by atoms with Crippen LogP contribution in [0.2, 0.25) is 0 Å². The standard InChI is InChI=1S/C15H26N2OS/c1-15(2,3)13-11-19-14(16-13)10-17(8-9-18)12-6-4-5-7-12/h11-12,18H,4-10H2,1-3H3. The van der Waals surface area contributed by atoms with Crippen molar-refractivity contribution in [2.24, 2.45) is 0 Å². The van der Waals surface area contributed by atoms with Crippen LogP contribution in [-0.4, -0.2) is 34.2 Å². The third kappa shape index (κ3) is 4.01. The van der Waals surface area contributed by atoms with Gasteiger partial charge in [0.05, 0.1) is 18.8 Å². The molecular formula is C15H26N2OS. The second kappa shape index (κ2) is 6.33. The van der Waals surface area contributed by atoms with E-state index in [0.717, 1.165) is 13.1 Å². The summed E-state index contributed by atoms with van der Waals surface area (Å²) in [7, 11) is 0. The fourth-order valence-corrected chi connectivity index (χ4v) is 3.74. The second-order valence-electron chi connectivity index (χ2n) is 6.51. The van der Waals surface area contributed by atoms with Crippen molar-refractivity contribution >= 4 is 11.3 Å². The van der Waals surface area contributed by atoms with E-state index in [1.54, 1.807) is 11.3 Å². The van der Waals surface area contributed by atoms with Gasteiger partial charge in [0.15, 0.2) is 0 Å². The molecule has 0 aliphatic heterocycles. The van der Waals surface area contributed by atoms with Crippen LogP contribution in [0.25, 0.3) is 0 Å². The first kappa shape index (κ1) is 14.9. The first-order valence-electron chi connectivity index (χ1n) is 7.30. The average molecular weight is 282 g/mol. The highest BCUT2D eigenvalue weighted by Gasteiger charge is 2.24. The zero-order chi connectivity index (χ0) is 13.9. The lowest BCUT2D eigenvalue weighted by Crippen LogP contribution is -2.35. The number of hydrogen-bond acceptors (Lipinski definition) is 4. The Labute approximate surface area is 120 Å². The fourth-order valence-electron chi connectivity index (χ4n) is 2.69. The van der Waals surface area contributed by atoms with Crippen LogP contribution < -0.4 is 0 Å². The molecule has 0 aromatic carbocycles. The molecule has 1 heterocycles. The molecule has 0 spiro atoms. The molecule has 1 fully saturated rings. The Bertz CT molecular complexity index is 391. The van der Waals surface area contributed by atoms with Crippen molar-refractivity contribution < 1.29 is 5.11 Å². The number of thiazole rings is 1. The maximum Gasteiger partial charge on any atom is 0.107 e. The van der Waals surface area contributed by atoms with Crippen LogP contribution in [0.15, 0.2) is 5.38 Å². The van der Waals surface area contributed by atoms with E-state index in [-0.39, 0.29) is 12.0 Å².